The largest absolute Gasteiger partial charge is 0.449 e. The van der Waals surface area contributed by atoms with E-state index in [2.05, 4.69) is 0 Å². The monoisotopic (exact) mass is 352 g/mol. The van der Waals surface area contributed by atoms with Crippen molar-refractivity contribution in [1.82, 2.24) is 9.80 Å². The van der Waals surface area contributed by atoms with Crippen LogP contribution in [0, 0.1) is 11.2 Å². The first kappa shape index (κ1) is 19.2. The van der Waals surface area contributed by atoms with Crippen molar-refractivity contribution in [1.29, 1.82) is 0 Å². The highest BCUT2D eigenvalue weighted by Crippen LogP contribution is 2.16. The third-order valence-electron chi connectivity index (χ3n) is 3.69. The van der Waals surface area contributed by atoms with Crippen molar-refractivity contribution < 1.29 is 23.8 Å². The van der Waals surface area contributed by atoms with Gasteiger partial charge in [-0.15, -0.1) is 0 Å². The first-order valence-corrected chi connectivity index (χ1v) is 8.26. The van der Waals surface area contributed by atoms with Gasteiger partial charge >= 0.3 is 6.09 Å². The SMILES string of the molecule is CC(C)(C)COC(=O)N1CC(=O)N(Cc2cccc(F)c2)CC(O)C1. The molecule has 1 unspecified atom stereocenters. The normalized spacial score (nSPS) is 18.9. The highest BCUT2D eigenvalue weighted by Gasteiger charge is 2.30. The van der Waals surface area contributed by atoms with E-state index in [9.17, 15) is 19.1 Å². The molecule has 0 aliphatic carbocycles. The van der Waals surface area contributed by atoms with E-state index < -0.39 is 12.2 Å². The molecule has 7 heteroatoms. The maximum absolute atomic E-state index is 13.3. The number of aliphatic hydroxyl groups is 1. The summed E-state index contributed by atoms with van der Waals surface area (Å²) in [6.45, 7) is 6.14. The van der Waals surface area contributed by atoms with Crippen LogP contribution in [-0.2, 0) is 16.1 Å². The number of ether oxygens (including phenoxy) is 1. The molecule has 1 fully saturated rings. The zero-order valence-electron chi connectivity index (χ0n) is 14.9. The number of aliphatic hydroxyl groups excluding tert-OH is 1. The van der Waals surface area contributed by atoms with Crippen LogP contribution in [0.4, 0.5) is 9.18 Å². The van der Waals surface area contributed by atoms with Gasteiger partial charge in [0.2, 0.25) is 5.91 Å². The number of halogens is 1. The molecular weight excluding hydrogens is 327 g/mol. The Morgan fingerprint density at radius 2 is 2.08 bits per heavy atom. The van der Waals surface area contributed by atoms with Crippen LogP contribution in [0.1, 0.15) is 26.3 Å². The van der Waals surface area contributed by atoms with E-state index in [0.717, 1.165) is 0 Å². The summed E-state index contributed by atoms with van der Waals surface area (Å²) in [5.74, 6) is -0.693. The molecule has 1 N–H and O–H groups in total. The predicted octanol–water partition coefficient (Wildman–Crippen LogP) is 2.01. The lowest BCUT2D eigenvalue weighted by atomic mass is 9.99. The van der Waals surface area contributed by atoms with Crippen molar-refractivity contribution in [3.8, 4) is 0 Å². The van der Waals surface area contributed by atoms with Crippen molar-refractivity contribution in [3.63, 3.8) is 0 Å². The third kappa shape index (κ3) is 6.01. The Kier molecular flexibility index (Phi) is 6.00. The van der Waals surface area contributed by atoms with Crippen molar-refractivity contribution in [3.05, 3.63) is 35.6 Å². The molecule has 1 aliphatic heterocycles. The topological polar surface area (TPSA) is 70.1 Å². The second-order valence-electron chi connectivity index (χ2n) is 7.55. The zero-order valence-corrected chi connectivity index (χ0v) is 14.9. The Balaban J connectivity index is 2.01. The molecule has 138 valence electrons. The van der Waals surface area contributed by atoms with Gasteiger partial charge in [0.25, 0.3) is 0 Å². The maximum Gasteiger partial charge on any atom is 0.410 e. The number of rotatable bonds is 3. The maximum atomic E-state index is 13.3. The van der Waals surface area contributed by atoms with Gasteiger partial charge < -0.3 is 14.7 Å². The molecule has 1 heterocycles. The van der Waals surface area contributed by atoms with Gasteiger partial charge in [-0.3, -0.25) is 9.69 Å². The van der Waals surface area contributed by atoms with E-state index in [-0.39, 0.29) is 49.9 Å². The Hall–Kier alpha value is -2.15. The van der Waals surface area contributed by atoms with E-state index >= 15 is 0 Å². The van der Waals surface area contributed by atoms with Crippen LogP contribution in [0.25, 0.3) is 0 Å². The van der Waals surface area contributed by atoms with Crippen molar-refractivity contribution in [2.75, 3.05) is 26.2 Å². The fourth-order valence-electron chi connectivity index (χ4n) is 2.51. The van der Waals surface area contributed by atoms with Crippen LogP contribution < -0.4 is 0 Å². The van der Waals surface area contributed by atoms with E-state index in [1.54, 1.807) is 12.1 Å². The molecule has 2 amide bonds. The van der Waals surface area contributed by atoms with E-state index in [1.807, 2.05) is 20.8 Å². The smallest absolute Gasteiger partial charge is 0.410 e. The Morgan fingerprint density at radius 3 is 2.72 bits per heavy atom. The molecule has 1 atom stereocenters. The summed E-state index contributed by atoms with van der Waals surface area (Å²) in [6, 6.07) is 5.96. The quantitative estimate of drug-likeness (QED) is 0.903. The minimum atomic E-state index is -0.887. The molecular formula is C18H25FN2O4. The van der Waals surface area contributed by atoms with Crippen LogP contribution >= 0.6 is 0 Å². The van der Waals surface area contributed by atoms with Gasteiger partial charge in [0.05, 0.1) is 19.3 Å². The number of amides is 2. The van der Waals surface area contributed by atoms with Crippen LogP contribution in [0.2, 0.25) is 0 Å². The first-order valence-electron chi connectivity index (χ1n) is 8.26. The summed E-state index contributed by atoms with van der Waals surface area (Å²) >= 11 is 0. The lowest BCUT2D eigenvalue weighted by Gasteiger charge is -2.24. The van der Waals surface area contributed by atoms with Crippen LogP contribution in [0.15, 0.2) is 24.3 Å². The van der Waals surface area contributed by atoms with Gasteiger partial charge in [-0.2, -0.15) is 0 Å². The van der Waals surface area contributed by atoms with E-state index in [1.165, 1.54) is 21.9 Å². The lowest BCUT2D eigenvalue weighted by Crippen LogP contribution is -2.40. The Morgan fingerprint density at radius 1 is 1.36 bits per heavy atom. The lowest BCUT2D eigenvalue weighted by molar-refractivity contribution is -0.132. The van der Waals surface area contributed by atoms with Crippen molar-refractivity contribution in [2.24, 2.45) is 5.41 Å². The average molecular weight is 352 g/mol. The molecule has 0 spiro atoms. The summed E-state index contributed by atoms with van der Waals surface area (Å²) in [7, 11) is 0. The van der Waals surface area contributed by atoms with Crippen LogP contribution in [0.3, 0.4) is 0 Å². The van der Waals surface area contributed by atoms with E-state index in [0.29, 0.717) is 5.56 Å². The molecule has 25 heavy (non-hydrogen) atoms. The fourth-order valence-corrected chi connectivity index (χ4v) is 2.51. The third-order valence-corrected chi connectivity index (χ3v) is 3.69. The second kappa shape index (κ2) is 7.82. The van der Waals surface area contributed by atoms with Gasteiger partial charge in [0.15, 0.2) is 0 Å². The molecule has 1 aromatic carbocycles. The highest BCUT2D eigenvalue weighted by molar-refractivity contribution is 5.83. The number of β-amino-alcohol motifs (C(OH)–C–C–N with tert-alkyl or cyclic N) is 1. The van der Waals surface area contributed by atoms with Gasteiger partial charge in [-0.25, -0.2) is 9.18 Å². The first-order chi connectivity index (χ1) is 11.6. The summed E-state index contributed by atoms with van der Waals surface area (Å²) in [5, 5.41) is 10.1. The molecule has 2 rings (SSSR count). The number of hydrogen-bond acceptors (Lipinski definition) is 4. The second-order valence-corrected chi connectivity index (χ2v) is 7.55. The van der Waals surface area contributed by atoms with Crippen molar-refractivity contribution in [2.45, 2.75) is 33.4 Å². The summed E-state index contributed by atoms with van der Waals surface area (Å²) < 4.78 is 18.5. The minimum Gasteiger partial charge on any atom is -0.449 e. The Bertz CT molecular complexity index is 630. The number of carbonyl (C=O) groups is 2. The number of carbonyl (C=O) groups excluding carboxylic acids is 2. The summed E-state index contributed by atoms with van der Waals surface area (Å²) in [6.07, 6.45) is -1.50. The van der Waals surface area contributed by atoms with Gasteiger partial charge in [0, 0.05) is 13.1 Å². The number of nitrogens with zero attached hydrogens (tertiary/aromatic N) is 2. The van der Waals surface area contributed by atoms with Crippen LogP contribution in [0.5, 0.6) is 0 Å². The summed E-state index contributed by atoms with van der Waals surface area (Å²) in [4.78, 5) is 27.2. The fraction of sp³-hybridized carbons (Fsp3) is 0.556. The zero-order chi connectivity index (χ0) is 18.6. The van der Waals surface area contributed by atoms with Crippen molar-refractivity contribution >= 4 is 12.0 Å². The molecule has 6 nitrogen and oxygen atoms in total. The molecule has 0 saturated carbocycles. The molecule has 0 bridgehead atoms. The molecule has 1 aliphatic rings. The number of hydrogen-bond donors (Lipinski definition) is 1. The van der Waals surface area contributed by atoms with E-state index in [4.69, 9.17) is 4.74 Å². The predicted molar refractivity (Wildman–Crippen MR) is 90.2 cm³/mol. The molecule has 0 aromatic heterocycles. The molecule has 1 saturated heterocycles. The van der Waals surface area contributed by atoms with Gasteiger partial charge in [0.1, 0.15) is 12.4 Å². The standard InChI is InChI=1S/C18H25FN2O4/c1-18(2,3)12-25-17(24)21-10-15(22)9-20(16(23)11-21)8-13-5-4-6-14(19)7-13/h4-7,15,22H,8-12H2,1-3H3. The highest BCUT2D eigenvalue weighted by atomic mass is 19.1. The molecule has 1 aromatic rings. The van der Waals surface area contributed by atoms with Gasteiger partial charge in [-0.05, 0) is 23.1 Å². The van der Waals surface area contributed by atoms with Gasteiger partial charge in [-0.1, -0.05) is 32.9 Å². The molecule has 0 radical (unpaired) electrons. The van der Waals surface area contributed by atoms with Crippen LogP contribution in [-0.4, -0.2) is 59.3 Å². The minimum absolute atomic E-state index is 0.0222. The summed E-state index contributed by atoms with van der Waals surface area (Å²) in [5.41, 5.74) is 0.442. The number of benzene rings is 1. The average Bonchev–Trinajstić information content (AvgIpc) is 2.63. The Labute approximate surface area is 147 Å².